The molecule has 0 bridgehead atoms. The van der Waals surface area contributed by atoms with E-state index >= 15 is 0 Å². The molecular weight excluding hydrogens is 356 g/mol. The highest BCUT2D eigenvalue weighted by atomic mass is 16.2. The topological polar surface area (TPSA) is 92.2 Å². The van der Waals surface area contributed by atoms with Crippen LogP contribution in [-0.2, 0) is 11.3 Å². The molecule has 2 heterocycles. The molecule has 2 amide bonds. The van der Waals surface area contributed by atoms with Crippen LogP contribution in [0.1, 0.15) is 46.6 Å². The van der Waals surface area contributed by atoms with Crippen LogP contribution in [0.25, 0.3) is 0 Å². The van der Waals surface area contributed by atoms with Crippen LogP contribution in [0.3, 0.4) is 0 Å². The summed E-state index contributed by atoms with van der Waals surface area (Å²) in [5, 5.41) is 14.5. The second-order valence-electron chi connectivity index (χ2n) is 7.34. The first kappa shape index (κ1) is 20.0. The van der Waals surface area contributed by atoms with E-state index in [9.17, 15) is 9.59 Å². The van der Waals surface area contributed by atoms with Gasteiger partial charge in [0.15, 0.2) is 0 Å². The second-order valence-corrected chi connectivity index (χ2v) is 7.34. The third-order valence-electron chi connectivity index (χ3n) is 5.29. The average Bonchev–Trinajstić information content (AvgIpc) is 3.33. The Kier molecular flexibility index (Phi) is 6.08. The molecule has 0 spiro atoms. The lowest BCUT2D eigenvalue weighted by molar-refractivity contribution is -0.122. The van der Waals surface area contributed by atoms with Gasteiger partial charge in [-0.05, 0) is 44.4 Å². The minimum atomic E-state index is -0.203. The minimum absolute atomic E-state index is 0.0178. The quantitative estimate of drug-likeness (QED) is 0.781. The van der Waals surface area contributed by atoms with E-state index in [1.807, 2.05) is 45.2 Å². The summed E-state index contributed by atoms with van der Waals surface area (Å²) < 4.78 is 1.79. The minimum Gasteiger partial charge on any atom is -0.355 e. The Morgan fingerprint density at radius 2 is 2.14 bits per heavy atom. The van der Waals surface area contributed by atoms with Crippen LogP contribution in [0, 0.1) is 13.8 Å². The first-order chi connectivity index (χ1) is 13.4. The Labute approximate surface area is 165 Å². The Bertz CT molecular complexity index is 862. The van der Waals surface area contributed by atoms with E-state index < -0.39 is 0 Å². The smallest absolute Gasteiger partial charge is 0.254 e. The number of carbonyl (C=O) groups excluding carboxylic acids is 2. The van der Waals surface area contributed by atoms with Gasteiger partial charge in [0.25, 0.3) is 5.91 Å². The fraction of sp³-hybridized carbons (Fsp3) is 0.500. The Morgan fingerprint density at radius 1 is 1.36 bits per heavy atom. The standard InChI is InChI=1S/C20H28N6O2/c1-5-21-19(27)18-9-16(10-22-18)26-12-15(23-24-26)11-25(4)20(28)17-8-6-7-13(2)14(17)3/h6-8,12,16,18,22H,5,9-11H2,1-4H3,(H,21,27)/t16-,18+/m1/s1. The van der Waals surface area contributed by atoms with Gasteiger partial charge < -0.3 is 15.5 Å². The fourth-order valence-electron chi connectivity index (χ4n) is 3.48. The van der Waals surface area contributed by atoms with Crippen LogP contribution < -0.4 is 10.6 Å². The number of amides is 2. The van der Waals surface area contributed by atoms with Crippen molar-refractivity contribution in [3.05, 3.63) is 46.8 Å². The number of aryl methyl sites for hydroxylation is 1. The van der Waals surface area contributed by atoms with Crippen LogP contribution in [0.5, 0.6) is 0 Å². The molecule has 2 N–H and O–H groups in total. The van der Waals surface area contributed by atoms with Crippen molar-refractivity contribution in [2.75, 3.05) is 20.1 Å². The van der Waals surface area contributed by atoms with Crippen molar-refractivity contribution in [3.63, 3.8) is 0 Å². The Hall–Kier alpha value is -2.74. The summed E-state index contributed by atoms with van der Waals surface area (Å²) in [4.78, 5) is 26.4. The lowest BCUT2D eigenvalue weighted by atomic mass is 10.0. The number of aromatic nitrogens is 3. The molecule has 3 rings (SSSR count). The summed E-state index contributed by atoms with van der Waals surface area (Å²) in [7, 11) is 1.77. The predicted octanol–water partition coefficient (Wildman–Crippen LogP) is 1.21. The van der Waals surface area contributed by atoms with Gasteiger partial charge in [0, 0.05) is 25.7 Å². The van der Waals surface area contributed by atoms with Crippen molar-refractivity contribution >= 4 is 11.8 Å². The number of hydrogen-bond donors (Lipinski definition) is 2. The molecule has 1 aliphatic heterocycles. The number of rotatable bonds is 6. The summed E-state index contributed by atoms with van der Waals surface area (Å²) in [6.07, 6.45) is 2.53. The highest BCUT2D eigenvalue weighted by Gasteiger charge is 2.31. The molecule has 1 aliphatic rings. The van der Waals surface area contributed by atoms with Crippen molar-refractivity contribution < 1.29 is 9.59 Å². The van der Waals surface area contributed by atoms with Gasteiger partial charge in [0.05, 0.1) is 24.8 Å². The van der Waals surface area contributed by atoms with Crippen LogP contribution in [0.2, 0.25) is 0 Å². The van der Waals surface area contributed by atoms with Crippen LogP contribution in [-0.4, -0.2) is 57.9 Å². The summed E-state index contributed by atoms with van der Waals surface area (Å²) in [6.45, 7) is 7.54. The van der Waals surface area contributed by atoms with Gasteiger partial charge in [0.2, 0.25) is 5.91 Å². The third kappa shape index (κ3) is 4.22. The van der Waals surface area contributed by atoms with Gasteiger partial charge in [-0.25, -0.2) is 4.68 Å². The zero-order valence-electron chi connectivity index (χ0n) is 16.9. The van der Waals surface area contributed by atoms with Crippen LogP contribution in [0.15, 0.2) is 24.4 Å². The van der Waals surface area contributed by atoms with Crippen molar-refractivity contribution in [1.82, 2.24) is 30.5 Å². The molecule has 2 aromatic rings. The van der Waals surface area contributed by atoms with Gasteiger partial charge in [0.1, 0.15) is 5.69 Å². The van der Waals surface area contributed by atoms with Crippen LogP contribution in [0.4, 0.5) is 0 Å². The summed E-state index contributed by atoms with van der Waals surface area (Å²) in [5.41, 5.74) is 3.53. The van der Waals surface area contributed by atoms with E-state index in [-0.39, 0.29) is 23.9 Å². The number of hydrogen-bond acceptors (Lipinski definition) is 5. The molecular formula is C20H28N6O2. The molecule has 1 aromatic heterocycles. The Morgan fingerprint density at radius 3 is 2.89 bits per heavy atom. The molecule has 2 atom stereocenters. The highest BCUT2D eigenvalue weighted by molar-refractivity contribution is 5.95. The van der Waals surface area contributed by atoms with E-state index in [0.717, 1.165) is 16.8 Å². The number of carbonyl (C=O) groups is 2. The monoisotopic (exact) mass is 384 g/mol. The normalized spacial score (nSPS) is 18.9. The van der Waals surface area contributed by atoms with Crippen molar-refractivity contribution in [1.29, 1.82) is 0 Å². The number of benzene rings is 1. The molecule has 28 heavy (non-hydrogen) atoms. The summed E-state index contributed by atoms with van der Waals surface area (Å²) in [6, 6.07) is 5.63. The fourth-order valence-corrected chi connectivity index (χ4v) is 3.48. The van der Waals surface area contributed by atoms with Crippen molar-refractivity contribution in [3.8, 4) is 0 Å². The van der Waals surface area contributed by atoms with E-state index in [1.54, 1.807) is 16.6 Å². The molecule has 1 saturated heterocycles. The van der Waals surface area contributed by atoms with Gasteiger partial charge in [-0.1, -0.05) is 17.3 Å². The third-order valence-corrected chi connectivity index (χ3v) is 5.29. The average molecular weight is 384 g/mol. The molecule has 150 valence electrons. The first-order valence-corrected chi connectivity index (χ1v) is 9.64. The zero-order valence-corrected chi connectivity index (χ0v) is 16.9. The number of likely N-dealkylation sites (N-methyl/N-ethyl adjacent to an activating group) is 1. The molecule has 1 fully saturated rings. The second kappa shape index (κ2) is 8.52. The SMILES string of the molecule is CCNC(=O)[C@@H]1C[C@@H](n2cc(CN(C)C(=O)c3cccc(C)c3C)nn2)CN1. The molecule has 8 nitrogen and oxygen atoms in total. The van der Waals surface area contributed by atoms with E-state index in [0.29, 0.717) is 31.6 Å². The van der Waals surface area contributed by atoms with Gasteiger partial charge in [-0.2, -0.15) is 0 Å². The van der Waals surface area contributed by atoms with E-state index in [2.05, 4.69) is 20.9 Å². The van der Waals surface area contributed by atoms with E-state index in [1.165, 1.54) is 0 Å². The van der Waals surface area contributed by atoms with E-state index in [4.69, 9.17) is 0 Å². The van der Waals surface area contributed by atoms with Gasteiger partial charge >= 0.3 is 0 Å². The maximum atomic E-state index is 12.8. The molecule has 0 unspecified atom stereocenters. The van der Waals surface area contributed by atoms with Crippen molar-refractivity contribution in [2.45, 2.75) is 45.8 Å². The summed E-state index contributed by atoms with van der Waals surface area (Å²) >= 11 is 0. The number of nitrogens with one attached hydrogen (secondary N) is 2. The molecule has 0 radical (unpaired) electrons. The lowest BCUT2D eigenvalue weighted by Crippen LogP contribution is -2.40. The maximum Gasteiger partial charge on any atom is 0.254 e. The number of nitrogens with zero attached hydrogens (tertiary/aromatic N) is 4. The maximum absolute atomic E-state index is 12.8. The van der Waals surface area contributed by atoms with Crippen molar-refractivity contribution in [2.24, 2.45) is 0 Å². The molecule has 0 aliphatic carbocycles. The van der Waals surface area contributed by atoms with Gasteiger partial charge in [-0.3, -0.25) is 9.59 Å². The first-order valence-electron chi connectivity index (χ1n) is 9.64. The lowest BCUT2D eigenvalue weighted by Gasteiger charge is -2.17. The predicted molar refractivity (Wildman–Crippen MR) is 106 cm³/mol. The molecule has 8 heteroatoms. The highest BCUT2D eigenvalue weighted by Crippen LogP contribution is 2.20. The molecule has 0 saturated carbocycles. The van der Waals surface area contributed by atoms with Gasteiger partial charge in [-0.15, -0.1) is 5.10 Å². The Balaban J connectivity index is 1.62. The summed E-state index contributed by atoms with van der Waals surface area (Å²) in [5.74, 6) is -0.0150. The largest absolute Gasteiger partial charge is 0.355 e. The van der Waals surface area contributed by atoms with Crippen LogP contribution >= 0.6 is 0 Å². The molecule has 1 aromatic carbocycles. The zero-order chi connectivity index (χ0) is 20.3.